The van der Waals surface area contributed by atoms with Crippen LogP contribution < -0.4 is 15.5 Å². The lowest BCUT2D eigenvalue weighted by Gasteiger charge is -2.39. The minimum absolute atomic E-state index is 0. The molecule has 0 bridgehead atoms. The number of para-hydroxylation sites is 2. The molecule has 272 valence electrons. The van der Waals surface area contributed by atoms with E-state index in [1.165, 1.54) is 17.8 Å². The Morgan fingerprint density at radius 2 is 1.71 bits per heavy atom. The molecular formula is C37H63FN6O3S. The number of halogens is 1. The van der Waals surface area contributed by atoms with Crippen molar-refractivity contribution in [3.8, 4) is 0 Å². The van der Waals surface area contributed by atoms with Gasteiger partial charge in [0.1, 0.15) is 11.2 Å². The van der Waals surface area contributed by atoms with Crippen molar-refractivity contribution in [1.29, 1.82) is 0 Å². The fourth-order valence-corrected chi connectivity index (χ4v) is 9.17. The number of likely N-dealkylation sites (tertiary alicyclic amines) is 1. The number of amides is 4. The second kappa shape index (κ2) is 14.3. The average Bonchev–Trinajstić information content (AvgIpc) is 3.23. The highest BCUT2D eigenvalue weighted by molar-refractivity contribution is 8.01. The van der Waals surface area contributed by atoms with E-state index in [4.69, 9.17) is 0 Å². The molecule has 4 aliphatic rings. The zero-order valence-corrected chi connectivity index (χ0v) is 29.8. The highest BCUT2D eigenvalue weighted by atomic mass is 32.2. The Kier molecular flexibility index (Phi) is 10.3. The van der Waals surface area contributed by atoms with E-state index in [-0.39, 0.29) is 67.6 Å². The van der Waals surface area contributed by atoms with Crippen LogP contribution in [0.4, 0.5) is 20.6 Å². The lowest BCUT2D eigenvalue weighted by Crippen LogP contribution is -2.54. The number of fused-ring (bicyclic) bond motifs is 1. The summed E-state index contributed by atoms with van der Waals surface area (Å²) in [6.45, 7) is 14.3. The van der Waals surface area contributed by atoms with Crippen LogP contribution in [0.15, 0.2) is 42.5 Å². The van der Waals surface area contributed by atoms with Crippen molar-refractivity contribution in [1.82, 2.24) is 20.0 Å². The molecule has 4 amide bonds. The van der Waals surface area contributed by atoms with E-state index < -0.39 is 5.25 Å². The van der Waals surface area contributed by atoms with Gasteiger partial charge in [0.05, 0.1) is 10.9 Å². The Morgan fingerprint density at radius 3 is 2.42 bits per heavy atom. The number of nitrogens with one attached hydrogen (secondary N) is 2. The van der Waals surface area contributed by atoms with Crippen LogP contribution in [0, 0.1) is 11.2 Å². The van der Waals surface area contributed by atoms with E-state index in [2.05, 4.69) is 56.2 Å². The Balaban J connectivity index is 0.00000468. The molecule has 4 aliphatic heterocycles. The van der Waals surface area contributed by atoms with Crippen LogP contribution in [0.25, 0.3) is 0 Å². The van der Waals surface area contributed by atoms with E-state index >= 15 is 4.39 Å². The molecule has 2 aromatic rings. The van der Waals surface area contributed by atoms with Crippen LogP contribution in [0.3, 0.4) is 0 Å². The van der Waals surface area contributed by atoms with Gasteiger partial charge in [-0.2, -0.15) is 0 Å². The number of piperidine rings is 1. The van der Waals surface area contributed by atoms with Crippen LogP contribution in [-0.2, 0) is 16.0 Å². The molecule has 9 nitrogen and oxygen atoms in total. The number of piperazine rings is 1. The number of urea groups is 1. The topological polar surface area (TPSA) is 88.2 Å². The SMILES string of the molecule is C[C@@H]1CN(c2c(F)cccc2[C@H]2S[C@@H](CC(=O)N3CCC(N4CCc5ccccc5NC4=O)CC3)C(=O)N2CCC(C)(C)C)C[C@H](C)N1.[HH].[HH].[HH].[HH].[HH].[HH]. The first-order chi connectivity index (χ1) is 22.9. The van der Waals surface area contributed by atoms with Crippen molar-refractivity contribution in [2.24, 2.45) is 5.41 Å². The molecule has 4 atom stereocenters. The molecule has 0 aromatic heterocycles. The quantitative estimate of drug-likeness (QED) is 0.316. The summed E-state index contributed by atoms with van der Waals surface area (Å²) in [6, 6.07) is 13.5. The minimum atomic E-state index is -0.535. The smallest absolute Gasteiger partial charge is 0.322 e. The van der Waals surface area contributed by atoms with Crippen molar-refractivity contribution in [2.45, 2.75) is 95.5 Å². The Morgan fingerprint density at radius 1 is 1.00 bits per heavy atom. The van der Waals surface area contributed by atoms with E-state index in [1.54, 1.807) is 6.07 Å². The van der Waals surface area contributed by atoms with Crippen LogP contribution in [0.1, 0.15) is 85.4 Å². The third-order valence-corrected chi connectivity index (χ3v) is 11.6. The second-order valence-electron chi connectivity index (χ2n) is 15.2. The normalized spacial score (nSPS) is 25.6. The molecule has 0 radical (unpaired) electrons. The first-order valence-electron chi connectivity index (χ1n) is 17.6. The van der Waals surface area contributed by atoms with Gasteiger partial charge in [-0.3, -0.25) is 9.59 Å². The summed E-state index contributed by atoms with van der Waals surface area (Å²) in [4.78, 5) is 48.7. The monoisotopic (exact) mass is 690 g/mol. The van der Waals surface area contributed by atoms with E-state index in [0.29, 0.717) is 57.8 Å². The van der Waals surface area contributed by atoms with Gasteiger partial charge >= 0.3 is 6.03 Å². The van der Waals surface area contributed by atoms with Gasteiger partial charge in [0.2, 0.25) is 11.8 Å². The maximum Gasteiger partial charge on any atom is 0.322 e. The highest BCUT2D eigenvalue weighted by Crippen LogP contribution is 2.48. The largest absolute Gasteiger partial charge is 0.366 e. The Bertz CT molecular complexity index is 1530. The lowest BCUT2D eigenvalue weighted by molar-refractivity contribution is -0.137. The van der Waals surface area contributed by atoms with Gasteiger partial charge in [-0.1, -0.05) is 51.1 Å². The number of hydrogen-bond donors (Lipinski definition) is 2. The summed E-state index contributed by atoms with van der Waals surface area (Å²) < 4.78 is 15.7. The molecule has 48 heavy (non-hydrogen) atoms. The van der Waals surface area contributed by atoms with E-state index in [1.807, 2.05) is 39.0 Å². The van der Waals surface area contributed by atoms with Crippen molar-refractivity contribution in [2.75, 3.05) is 49.5 Å². The van der Waals surface area contributed by atoms with Crippen molar-refractivity contribution >= 4 is 41.0 Å². The molecule has 4 heterocycles. The fourth-order valence-electron chi connectivity index (χ4n) is 7.67. The van der Waals surface area contributed by atoms with Gasteiger partial charge in [-0.25, -0.2) is 9.18 Å². The molecule has 0 aliphatic carbocycles. The maximum absolute atomic E-state index is 15.7. The summed E-state index contributed by atoms with van der Waals surface area (Å²) in [5, 5.41) is 5.68. The third-order valence-electron chi connectivity index (χ3n) is 10.2. The predicted molar refractivity (Wildman–Crippen MR) is 203 cm³/mol. The molecule has 6 rings (SSSR count). The van der Waals surface area contributed by atoms with Gasteiger partial charge in [0.15, 0.2) is 0 Å². The summed E-state index contributed by atoms with van der Waals surface area (Å²) in [6.07, 6.45) is 3.11. The number of carbonyl (C=O) groups excluding carboxylic acids is 3. The summed E-state index contributed by atoms with van der Waals surface area (Å²) >= 11 is 1.49. The van der Waals surface area contributed by atoms with Gasteiger partial charge in [-0.05, 0) is 62.6 Å². The van der Waals surface area contributed by atoms with Crippen molar-refractivity contribution in [3.63, 3.8) is 0 Å². The highest BCUT2D eigenvalue weighted by Gasteiger charge is 2.45. The lowest BCUT2D eigenvalue weighted by atomic mass is 9.92. The third kappa shape index (κ3) is 7.62. The van der Waals surface area contributed by atoms with Gasteiger partial charge < -0.3 is 30.2 Å². The first-order valence-corrected chi connectivity index (χ1v) is 18.5. The van der Waals surface area contributed by atoms with Crippen molar-refractivity contribution < 1.29 is 27.3 Å². The molecule has 0 spiro atoms. The van der Waals surface area contributed by atoms with Crippen LogP contribution in [0.2, 0.25) is 0 Å². The average molecular weight is 691 g/mol. The molecule has 2 N–H and O–H groups in total. The van der Waals surface area contributed by atoms with Crippen LogP contribution in [-0.4, -0.2) is 95.2 Å². The standard InChI is InChI=1S/C37H51FN6O3S.6H2/c1-24-22-42(23-25(2)39-24)33-28(10-8-11-29(33)38)35-44(20-16-37(3,4)5)34(46)31(48-35)21-32(45)41-17-14-27(15-18-41)43-19-13-26-9-6-7-12-30(26)40-36(43)47;;;;;;/h6-12,24-25,27,31,35,39H,13-23H2,1-5H3,(H,40,47);6*1H/t24-,25+,31-,35+;;;;;;/m0....../s1. The molecule has 2 aromatic carbocycles. The molecule has 0 saturated carbocycles. The number of thioether (sulfide) groups is 1. The molecule has 11 heteroatoms. The second-order valence-corrected chi connectivity index (χ2v) is 16.5. The number of carbonyl (C=O) groups is 3. The zero-order valence-electron chi connectivity index (χ0n) is 29.0. The number of rotatable bonds is 7. The maximum atomic E-state index is 15.7. The molecule has 3 fully saturated rings. The van der Waals surface area contributed by atoms with Crippen LogP contribution >= 0.6 is 11.8 Å². The van der Waals surface area contributed by atoms with E-state index in [9.17, 15) is 14.4 Å². The number of anilines is 2. The Hall–Kier alpha value is -3.31. The fraction of sp³-hybridized carbons (Fsp3) is 0.595. The molecular weight excluding hydrogens is 628 g/mol. The zero-order chi connectivity index (χ0) is 34.2. The van der Waals surface area contributed by atoms with Gasteiger partial charge in [-0.15, -0.1) is 11.8 Å². The summed E-state index contributed by atoms with van der Waals surface area (Å²) in [5.74, 6) is -0.356. The number of benzene rings is 2. The summed E-state index contributed by atoms with van der Waals surface area (Å²) in [5.41, 5.74) is 3.39. The van der Waals surface area contributed by atoms with Crippen molar-refractivity contribution in [3.05, 3.63) is 59.4 Å². The van der Waals surface area contributed by atoms with Gasteiger partial charge in [0, 0.05) is 83.6 Å². The number of nitrogens with zero attached hydrogens (tertiary/aromatic N) is 4. The Labute approximate surface area is 297 Å². The van der Waals surface area contributed by atoms with Gasteiger partial charge in [0.25, 0.3) is 0 Å². The first kappa shape index (κ1) is 34.5. The molecule has 0 unspecified atom stereocenters. The minimum Gasteiger partial charge on any atom is -0.366 e. The molecule has 3 saturated heterocycles. The predicted octanol–water partition coefficient (Wildman–Crippen LogP) is 7.34. The summed E-state index contributed by atoms with van der Waals surface area (Å²) in [7, 11) is 0. The number of hydrogen-bond acceptors (Lipinski definition) is 6. The van der Waals surface area contributed by atoms with Crippen LogP contribution in [0.5, 0.6) is 0 Å². The van der Waals surface area contributed by atoms with E-state index in [0.717, 1.165) is 29.7 Å².